The Bertz CT molecular complexity index is 955. The Morgan fingerprint density at radius 3 is 2.67 bits per heavy atom. The highest BCUT2D eigenvalue weighted by atomic mass is 32.1. The number of carbonyl (C=O) groups excluding carboxylic acids is 2. The molecule has 4 rings (SSSR count). The van der Waals surface area contributed by atoms with Crippen LogP contribution in [0.2, 0.25) is 0 Å². The summed E-state index contributed by atoms with van der Waals surface area (Å²) >= 11 is 1.53. The van der Waals surface area contributed by atoms with Crippen molar-refractivity contribution >= 4 is 23.2 Å². The van der Waals surface area contributed by atoms with Crippen molar-refractivity contribution in [1.29, 1.82) is 0 Å². The number of thiophene rings is 1. The molecule has 0 unspecified atom stereocenters. The van der Waals surface area contributed by atoms with E-state index in [9.17, 15) is 9.59 Å². The average molecular weight is 427 g/mol. The van der Waals surface area contributed by atoms with Crippen LogP contribution in [0.4, 0.5) is 0 Å². The molecule has 0 aliphatic heterocycles. The molecular weight excluding hydrogens is 400 g/mol. The highest BCUT2D eigenvalue weighted by molar-refractivity contribution is 7.10. The van der Waals surface area contributed by atoms with Crippen molar-refractivity contribution in [2.45, 2.75) is 57.7 Å². The van der Waals surface area contributed by atoms with Gasteiger partial charge in [-0.2, -0.15) is 0 Å². The molecule has 0 bridgehead atoms. The smallest absolute Gasteiger partial charge is 0.250 e. The highest BCUT2D eigenvalue weighted by Crippen LogP contribution is 2.28. The Balaban J connectivity index is 1.65. The second-order valence-corrected chi connectivity index (χ2v) is 8.73. The minimum atomic E-state index is -0.850. The lowest BCUT2D eigenvalue weighted by atomic mass is 10.1. The number of hydrogen-bond donors (Lipinski definition) is 1. The van der Waals surface area contributed by atoms with E-state index in [0.717, 1.165) is 30.6 Å². The third-order valence-corrected chi connectivity index (χ3v) is 6.30. The number of hydrogen-bond acceptors (Lipinski definition) is 5. The number of carbonyl (C=O) groups is 2. The zero-order valence-electron chi connectivity index (χ0n) is 17.0. The maximum Gasteiger partial charge on any atom is 0.250 e. The van der Waals surface area contributed by atoms with E-state index in [2.05, 4.69) is 5.32 Å². The molecule has 3 aromatic heterocycles. The minimum absolute atomic E-state index is 0.144. The van der Waals surface area contributed by atoms with Crippen molar-refractivity contribution in [2.75, 3.05) is 0 Å². The molecule has 7 heteroatoms. The van der Waals surface area contributed by atoms with Crippen LogP contribution < -0.4 is 5.32 Å². The molecule has 0 saturated heterocycles. The second-order valence-electron chi connectivity index (χ2n) is 7.70. The fourth-order valence-corrected chi connectivity index (χ4v) is 4.63. The molecule has 3 heterocycles. The first-order valence-corrected chi connectivity index (χ1v) is 11.2. The van der Waals surface area contributed by atoms with Crippen LogP contribution in [0.5, 0.6) is 0 Å². The van der Waals surface area contributed by atoms with Gasteiger partial charge in [-0.05, 0) is 55.5 Å². The predicted molar refractivity (Wildman–Crippen MR) is 114 cm³/mol. The van der Waals surface area contributed by atoms with E-state index in [1.54, 1.807) is 23.3 Å². The summed E-state index contributed by atoms with van der Waals surface area (Å²) in [7, 11) is 0. The van der Waals surface area contributed by atoms with Gasteiger partial charge in [-0.1, -0.05) is 18.9 Å². The molecular formula is C23H26N2O4S. The Kier molecular flexibility index (Phi) is 6.38. The van der Waals surface area contributed by atoms with Crippen LogP contribution in [0.3, 0.4) is 0 Å². The molecule has 0 radical (unpaired) electrons. The fourth-order valence-electron chi connectivity index (χ4n) is 3.93. The van der Waals surface area contributed by atoms with Crippen LogP contribution in [0.25, 0.3) is 0 Å². The van der Waals surface area contributed by atoms with Crippen molar-refractivity contribution in [2.24, 2.45) is 0 Å². The molecule has 0 spiro atoms. The van der Waals surface area contributed by atoms with Crippen LogP contribution in [0.15, 0.2) is 56.9 Å². The zero-order chi connectivity index (χ0) is 20.9. The number of furan rings is 2. The van der Waals surface area contributed by atoms with Gasteiger partial charge in [0.2, 0.25) is 5.91 Å². The number of aryl methyl sites for hydroxylation is 1. The molecule has 3 aromatic rings. The van der Waals surface area contributed by atoms with Crippen molar-refractivity contribution in [1.82, 2.24) is 10.2 Å². The predicted octanol–water partition coefficient (Wildman–Crippen LogP) is 4.61. The topological polar surface area (TPSA) is 75.7 Å². The van der Waals surface area contributed by atoms with E-state index in [1.807, 2.05) is 36.6 Å². The Morgan fingerprint density at radius 1 is 1.20 bits per heavy atom. The van der Waals surface area contributed by atoms with E-state index in [1.165, 1.54) is 11.3 Å². The first-order valence-electron chi connectivity index (χ1n) is 10.3. The van der Waals surface area contributed by atoms with Crippen molar-refractivity contribution in [3.05, 3.63) is 70.2 Å². The first-order chi connectivity index (χ1) is 14.6. The summed E-state index contributed by atoms with van der Waals surface area (Å²) in [6, 6.07) is 10.3. The van der Waals surface area contributed by atoms with Crippen LogP contribution in [0.1, 0.15) is 53.9 Å². The van der Waals surface area contributed by atoms with E-state index in [-0.39, 0.29) is 30.8 Å². The summed E-state index contributed by atoms with van der Waals surface area (Å²) in [5.74, 6) is 1.44. The standard InChI is InChI=1S/C23H26N2O4S/c1-16-10-11-20(29-16)22(23(27)24-17-6-2-3-7-17)25(15-18-8-4-12-28-18)21(26)14-19-9-5-13-30-19/h4-5,8-13,17,22H,2-3,6-7,14-15H2,1H3,(H,24,27)/t22-/m1/s1. The lowest BCUT2D eigenvalue weighted by molar-refractivity contribution is -0.142. The molecule has 1 N–H and O–H groups in total. The number of nitrogens with one attached hydrogen (secondary N) is 1. The summed E-state index contributed by atoms with van der Waals surface area (Å²) in [5, 5.41) is 5.08. The molecule has 1 aliphatic rings. The van der Waals surface area contributed by atoms with Gasteiger partial charge in [-0.15, -0.1) is 11.3 Å². The number of amides is 2. The van der Waals surface area contributed by atoms with Crippen LogP contribution >= 0.6 is 11.3 Å². The summed E-state index contributed by atoms with van der Waals surface area (Å²) in [4.78, 5) is 29.3. The average Bonchev–Trinajstić information content (AvgIpc) is 3.51. The van der Waals surface area contributed by atoms with Crippen molar-refractivity contribution < 1.29 is 18.4 Å². The Hall–Kier alpha value is -2.80. The summed E-state index contributed by atoms with van der Waals surface area (Å²) in [6.45, 7) is 2.03. The first kappa shape index (κ1) is 20.5. The third kappa shape index (κ3) is 4.84. The quantitative estimate of drug-likeness (QED) is 0.571. The van der Waals surface area contributed by atoms with Gasteiger partial charge in [0, 0.05) is 10.9 Å². The van der Waals surface area contributed by atoms with Gasteiger partial charge >= 0.3 is 0 Å². The van der Waals surface area contributed by atoms with Crippen LogP contribution in [0, 0.1) is 6.92 Å². The Morgan fingerprint density at radius 2 is 2.03 bits per heavy atom. The maximum atomic E-state index is 13.4. The third-order valence-electron chi connectivity index (χ3n) is 5.42. The van der Waals surface area contributed by atoms with E-state index in [4.69, 9.17) is 8.83 Å². The molecule has 158 valence electrons. The minimum Gasteiger partial charge on any atom is -0.467 e. The SMILES string of the molecule is Cc1ccc([C@H](C(=O)NC2CCCC2)N(Cc2ccco2)C(=O)Cc2cccs2)o1. The summed E-state index contributed by atoms with van der Waals surface area (Å²) in [5.41, 5.74) is 0. The second kappa shape index (κ2) is 9.34. The lowest BCUT2D eigenvalue weighted by Crippen LogP contribution is -2.46. The molecule has 0 aromatic carbocycles. The molecule has 6 nitrogen and oxygen atoms in total. The van der Waals surface area contributed by atoms with Crippen molar-refractivity contribution in [3.63, 3.8) is 0 Å². The molecule has 1 aliphatic carbocycles. The number of rotatable bonds is 8. The molecule has 1 fully saturated rings. The summed E-state index contributed by atoms with van der Waals surface area (Å²) < 4.78 is 11.3. The summed E-state index contributed by atoms with van der Waals surface area (Å²) in [6.07, 6.45) is 5.97. The molecule has 30 heavy (non-hydrogen) atoms. The van der Waals surface area contributed by atoms with Crippen LogP contribution in [-0.4, -0.2) is 22.8 Å². The zero-order valence-corrected chi connectivity index (χ0v) is 17.8. The highest BCUT2D eigenvalue weighted by Gasteiger charge is 2.35. The maximum absolute atomic E-state index is 13.4. The van der Waals surface area contributed by atoms with Crippen molar-refractivity contribution in [3.8, 4) is 0 Å². The van der Waals surface area contributed by atoms with Gasteiger partial charge in [0.25, 0.3) is 5.91 Å². The Labute approximate surface area is 179 Å². The normalized spacial score (nSPS) is 15.2. The van der Waals surface area contributed by atoms with E-state index >= 15 is 0 Å². The fraction of sp³-hybridized carbons (Fsp3) is 0.391. The van der Waals surface area contributed by atoms with Gasteiger partial charge in [0.15, 0.2) is 6.04 Å². The molecule has 2 amide bonds. The van der Waals surface area contributed by atoms with Crippen LogP contribution in [-0.2, 0) is 22.6 Å². The van der Waals surface area contributed by atoms with Gasteiger partial charge < -0.3 is 19.1 Å². The number of nitrogens with zero attached hydrogens (tertiary/aromatic N) is 1. The van der Waals surface area contributed by atoms with Gasteiger partial charge in [0.05, 0.1) is 19.2 Å². The van der Waals surface area contributed by atoms with E-state index in [0.29, 0.717) is 17.3 Å². The van der Waals surface area contributed by atoms with E-state index < -0.39 is 6.04 Å². The molecule has 1 saturated carbocycles. The van der Waals surface area contributed by atoms with Gasteiger partial charge in [0.1, 0.15) is 17.3 Å². The van der Waals surface area contributed by atoms with Gasteiger partial charge in [-0.25, -0.2) is 0 Å². The molecule has 1 atom stereocenters. The largest absolute Gasteiger partial charge is 0.467 e. The lowest BCUT2D eigenvalue weighted by Gasteiger charge is -2.30. The monoisotopic (exact) mass is 426 g/mol. The van der Waals surface area contributed by atoms with Gasteiger partial charge in [-0.3, -0.25) is 9.59 Å².